The molecule has 0 aliphatic heterocycles. The number of hydrogen-bond acceptors (Lipinski definition) is 8. The number of ketones is 2. The highest BCUT2D eigenvalue weighted by molar-refractivity contribution is 7.90. The lowest BCUT2D eigenvalue weighted by molar-refractivity contribution is -0.121. The van der Waals surface area contributed by atoms with Gasteiger partial charge in [-0.25, -0.2) is 0 Å². The van der Waals surface area contributed by atoms with Gasteiger partial charge in [-0.1, -0.05) is 34.4 Å². The molecular weight excluding hydrogens is 455 g/mol. The van der Waals surface area contributed by atoms with Crippen LogP contribution in [0.4, 0.5) is 0 Å². The maximum absolute atomic E-state index is 12.2. The lowest BCUT2D eigenvalue weighted by atomic mass is 10.1. The first kappa shape index (κ1) is 27.7. The van der Waals surface area contributed by atoms with Gasteiger partial charge in [-0.15, -0.1) is 23.2 Å². The number of rotatable bonds is 17. The van der Waals surface area contributed by atoms with Crippen molar-refractivity contribution >= 4 is 55.0 Å². The molecule has 0 aromatic carbocycles. The second-order valence-electron chi connectivity index (χ2n) is 6.40. The first-order valence-corrected chi connectivity index (χ1v) is 13.0. The van der Waals surface area contributed by atoms with Crippen LogP contribution in [0.5, 0.6) is 0 Å². The number of unbranched alkanes of at least 4 members (excludes halogenated alkanes) is 4. The molecule has 0 spiro atoms. The van der Waals surface area contributed by atoms with Gasteiger partial charge in [0.05, 0.1) is 0 Å². The Kier molecular flexibility index (Phi) is 13.7. The number of hydrogen-bond donors (Lipinski definition) is 0. The van der Waals surface area contributed by atoms with Crippen LogP contribution in [0, 0.1) is 0 Å². The van der Waals surface area contributed by atoms with Crippen LogP contribution in [0.25, 0.3) is 0 Å². The highest BCUT2D eigenvalue weighted by Crippen LogP contribution is 2.20. The number of carbonyl (C=O) groups is 2. The third kappa shape index (κ3) is 10.5. The van der Waals surface area contributed by atoms with E-state index in [1.165, 1.54) is 0 Å². The van der Waals surface area contributed by atoms with Crippen LogP contribution < -0.4 is 0 Å². The molecule has 2 unspecified atom stereocenters. The fourth-order valence-corrected chi connectivity index (χ4v) is 5.39. The van der Waals surface area contributed by atoms with Crippen LogP contribution in [-0.4, -0.2) is 50.7 Å². The Hall–Kier alpha value is -0.260. The number of halogens is 2. The topological polar surface area (TPSA) is 121 Å². The van der Waals surface area contributed by atoms with E-state index in [9.17, 15) is 26.4 Å². The summed E-state index contributed by atoms with van der Waals surface area (Å²) in [5.74, 6) is -0.577. The molecular formula is C16H28Cl2O8S2. The summed E-state index contributed by atoms with van der Waals surface area (Å²) in [5.41, 5.74) is 0. The van der Waals surface area contributed by atoms with Crippen LogP contribution in [0.1, 0.15) is 65.2 Å². The van der Waals surface area contributed by atoms with Gasteiger partial charge < -0.3 is 0 Å². The summed E-state index contributed by atoms with van der Waals surface area (Å²) in [4.78, 5) is 23.3. The SMILES string of the molecule is CC(=O)C(CCCCCCl)S(=O)(=O)OOS(=O)(=O)C(CCCCCCl)C(C)=O. The molecule has 0 heterocycles. The standard InChI is InChI=1S/C16H28Cl2O8S2/c1-13(19)15(9-5-3-7-11-17)27(21,22)25-26-28(23,24)16(14(2)20)10-6-4-8-12-18/h15-16H,3-12H2,1-2H3. The van der Waals surface area contributed by atoms with Gasteiger partial charge >= 0.3 is 20.2 Å². The molecule has 0 saturated carbocycles. The van der Waals surface area contributed by atoms with Crippen LogP contribution in [0.15, 0.2) is 0 Å². The number of alkyl halides is 2. The Bertz CT molecular complexity index is 631. The molecule has 2 atom stereocenters. The zero-order valence-electron chi connectivity index (χ0n) is 16.1. The maximum atomic E-state index is 12.2. The van der Waals surface area contributed by atoms with Crippen molar-refractivity contribution in [2.45, 2.75) is 75.7 Å². The molecule has 0 saturated heterocycles. The van der Waals surface area contributed by atoms with Gasteiger partial charge in [-0.3, -0.25) is 9.59 Å². The molecule has 0 aliphatic carbocycles. The predicted molar refractivity (Wildman–Crippen MR) is 107 cm³/mol. The Labute approximate surface area is 177 Å². The van der Waals surface area contributed by atoms with E-state index in [4.69, 9.17) is 23.2 Å². The Morgan fingerprint density at radius 1 is 0.679 bits per heavy atom. The quantitative estimate of drug-likeness (QED) is 0.134. The maximum Gasteiger partial charge on any atom is 0.304 e. The van der Waals surface area contributed by atoms with E-state index < -0.39 is 42.3 Å². The predicted octanol–water partition coefficient (Wildman–Crippen LogP) is 3.11. The van der Waals surface area contributed by atoms with Gasteiger partial charge in [-0.2, -0.15) is 16.8 Å². The van der Waals surface area contributed by atoms with Crippen molar-refractivity contribution < 1.29 is 35.1 Å². The summed E-state index contributed by atoms with van der Waals surface area (Å²) < 4.78 is 57.3. The van der Waals surface area contributed by atoms with E-state index in [0.717, 1.165) is 13.8 Å². The minimum atomic E-state index is -4.64. The summed E-state index contributed by atoms with van der Waals surface area (Å²) in [7, 11) is -9.29. The van der Waals surface area contributed by atoms with E-state index in [1.54, 1.807) is 0 Å². The third-order valence-corrected chi connectivity index (χ3v) is 7.69. The van der Waals surface area contributed by atoms with Crippen molar-refractivity contribution in [2.24, 2.45) is 0 Å². The van der Waals surface area contributed by atoms with Crippen LogP contribution >= 0.6 is 23.2 Å². The molecule has 0 aromatic heterocycles. The fraction of sp³-hybridized carbons (Fsp3) is 0.875. The summed E-state index contributed by atoms with van der Waals surface area (Å²) >= 11 is 11.1. The average molecular weight is 483 g/mol. The van der Waals surface area contributed by atoms with Crippen LogP contribution in [-0.2, 0) is 38.5 Å². The number of Topliss-reactive ketones (excluding diaryl/α,β-unsaturated/α-hetero) is 2. The zero-order chi connectivity index (χ0) is 21.8. The lowest BCUT2D eigenvalue weighted by Crippen LogP contribution is -2.34. The molecule has 8 nitrogen and oxygen atoms in total. The minimum absolute atomic E-state index is 0.0491. The smallest absolute Gasteiger partial charge is 0.298 e. The van der Waals surface area contributed by atoms with Crippen molar-refractivity contribution in [1.82, 2.24) is 0 Å². The van der Waals surface area contributed by atoms with Crippen molar-refractivity contribution in [3.05, 3.63) is 0 Å². The van der Waals surface area contributed by atoms with Gasteiger partial charge in [0.25, 0.3) is 0 Å². The molecule has 0 N–H and O–H groups in total. The second kappa shape index (κ2) is 13.9. The molecule has 28 heavy (non-hydrogen) atoms. The third-order valence-electron chi connectivity index (χ3n) is 4.02. The summed E-state index contributed by atoms with van der Waals surface area (Å²) in [6.07, 6.45) is 3.21. The minimum Gasteiger partial charge on any atom is -0.298 e. The highest BCUT2D eigenvalue weighted by atomic mass is 35.5. The fourth-order valence-electron chi connectivity index (χ4n) is 2.48. The summed E-state index contributed by atoms with van der Waals surface area (Å²) in [5, 5.41) is -3.12. The van der Waals surface area contributed by atoms with Gasteiger partial charge in [0.15, 0.2) is 0 Å². The molecule has 0 radical (unpaired) electrons. The van der Waals surface area contributed by atoms with E-state index in [2.05, 4.69) is 8.67 Å². The molecule has 0 amide bonds. The largest absolute Gasteiger partial charge is 0.304 e. The molecule has 0 rings (SSSR count). The van der Waals surface area contributed by atoms with Crippen molar-refractivity contribution in [1.29, 1.82) is 0 Å². The zero-order valence-corrected chi connectivity index (χ0v) is 19.2. The molecule has 0 aliphatic rings. The molecule has 0 bridgehead atoms. The highest BCUT2D eigenvalue weighted by Gasteiger charge is 2.37. The normalized spacial score (nSPS) is 14.6. The number of carbonyl (C=O) groups excluding carboxylic acids is 2. The first-order valence-electron chi connectivity index (χ1n) is 8.97. The van der Waals surface area contributed by atoms with E-state index in [0.29, 0.717) is 50.3 Å². The van der Waals surface area contributed by atoms with E-state index >= 15 is 0 Å². The molecule has 0 fully saturated rings. The van der Waals surface area contributed by atoms with Crippen molar-refractivity contribution in [3.63, 3.8) is 0 Å². The van der Waals surface area contributed by atoms with Crippen LogP contribution in [0.3, 0.4) is 0 Å². The summed E-state index contributed by atoms with van der Waals surface area (Å²) in [6, 6.07) is 0. The van der Waals surface area contributed by atoms with E-state index in [-0.39, 0.29) is 12.8 Å². The molecule has 12 heteroatoms. The molecule has 166 valence electrons. The second-order valence-corrected chi connectivity index (χ2v) is 10.5. The van der Waals surface area contributed by atoms with Crippen LogP contribution in [0.2, 0.25) is 0 Å². The van der Waals surface area contributed by atoms with Gasteiger partial charge in [-0.05, 0) is 39.5 Å². The van der Waals surface area contributed by atoms with Crippen molar-refractivity contribution in [3.8, 4) is 0 Å². The lowest BCUT2D eigenvalue weighted by Gasteiger charge is -2.16. The molecule has 0 aromatic rings. The Morgan fingerprint density at radius 3 is 1.25 bits per heavy atom. The monoisotopic (exact) mass is 482 g/mol. The van der Waals surface area contributed by atoms with Gasteiger partial charge in [0, 0.05) is 11.8 Å². The van der Waals surface area contributed by atoms with E-state index in [1.807, 2.05) is 0 Å². The average Bonchev–Trinajstić information content (AvgIpc) is 2.59. The van der Waals surface area contributed by atoms with Crippen molar-refractivity contribution in [2.75, 3.05) is 11.8 Å². The van der Waals surface area contributed by atoms with Gasteiger partial charge in [0.1, 0.15) is 22.1 Å². The summed E-state index contributed by atoms with van der Waals surface area (Å²) in [6.45, 7) is 2.13. The Morgan fingerprint density at radius 2 is 1.00 bits per heavy atom. The first-order chi connectivity index (χ1) is 13.0. The Balaban J connectivity index is 5.04. The van der Waals surface area contributed by atoms with Gasteiger partial charge in [0.2, 0.25) is 0 Å².